The first-order chi connectivity index (χ1) is 11.7. The lowest BCUT2D eigenvalue weighted by atomic mass is 10.2. The van der Waals surface area contributed by atoms with Crippen molar-refractivity contribution < 1.29 is 19.0 Å². The number of methoxy groups -OCH3 is 1. The Balaban J connectivity index is 1.61. The van der Waals surface area contributed by atoms with Crippen LogP contribution in [0.5, 0.6) is 17.4 Å². The maximum absolute atomic E-state index is 12.3. The molecule has 1 aromatic carbocycles. The fraction of sp³-hybridized carbons (Fsp3) is 0.294. The number of ether oxygens (including phenoxy) is 3. The van der Waals surface area contributed by atoms with Crippen LogP contribution in [0.25, 0.3) is 0 Å². The van der Waals surface area contributed by atoms with Crippen LogP contribution in [0.4, 0.5) is 11.4 Å². The summed E-state index contributed by atoms with van der Waals surface area (Å²) >= 11 is 0. The number of hydrogen-bond donors (Lipinski definition) is 2. The van der Waals surface area contributed by atoms with Crippen LogP contribution in [0, 0.1) is 0 Å². The Hall–Kier alpha value is -2.96. The summed E-state index contributed by atoms with van der Waals surface area (Å²) in [7, 11) is 1.55. The summed E-state index contributed by atoms with van der Waals surface area (Å²) in [6.07, 6.45) is 1.62. The van der Waals surface area contributed by atoms with Crippen LogP contribution in [-0.4, -0.2) is 37.3 Å². The molecule has 3 rings (SSSR count). The predicted octanol–water partition coefficient (Wildman–Crippen LogP) is 2.30. The zero-order valence-electron chi connectivity index (χ0n) is 13.5. The lowest BCUT2D eigenvalue weighted by Crippen LogP contribution is -2.31. The molecule has 2 N–H and O–H groups in total. The Kier molecular flexibility index (Phi) is 4.69. The fourth-order valence-electron chi connectivity index (χ4n) is 2.27. The van der Waals surface area contributed by atoms with E-state index in [4.69, 9.17) is 14.2 Å². The van der Waals surface area contributed by atoms with E-state index in [-0.39, 0.29) is 5.91 Å². The standard InChI is InChI=1S/C17H19N3O4/c1-11(19-13-4-6-16(22-2)18-10-13)17(21)20-12-3-5-14-15(9-12)24-8-7-23-14/h3-6,9-11,19H,7-8H2,1-2H3,(H,20,21)/t11-/m0/s1. The number of nitrogens with one attached hydrogen (secondary N) is 2. The molecule has 0 saturated carbocycles. The molecule has 1 amide bonds. The molecule has 2 aromatic rings. The van der Waals surface area contributed by atoms with Crippen molar-refractivity contribution in [3.8, 4) is 17.4 Å². The van der Waals surface area contributed by atoms with E-state index in [2.05, 4.69) is 15.6 Å². The lowest BCUT2D eigenvalue weighted by molar-refractivity contribution is -0.116. The number of anilines is 2. The van der Waals surface area contributed by atoms with Gasteiger partial charge in [0.15, 0.2) is 11.5 Å². The molecule has 0 radical (unpaired) electrons. The van der Waals surface area contributed by atoms with E-state index in [1.165, 1.54) is 0 Å². The Bertz CT molecular complexity index is 718. The highest BCUT2D eigenvalue weighted by Gasteiger charge is 2.16. The zero-order chi connectivity index (χ0) is 16.9. The number of benzene rings is 1. The average molecular weight is 329 g/mol. The van der Waals surface area contributed by atoms with Gasteiger partial charge in [-0.1, -0.05) is 0 Å². The molecule has 1 aliphatic heterocycles. The second kappa shape index (κ2) is 7.08. The SMILES string of the molecule is COc1ccc(N[C@@H](C)C(=O)Nc2ccc3c(c2)OCCO3)cn1. The van der Waals surface area contributed by atoms with Crippen molar-refractivity contribution in [3.05, 3.63) is 36.5 Å². The van der Waals surface area contributed by atoms with Gasteiger partial charge >= 0.3 is 0 Å². The van der Waals surface area contributed by atoms with Crippen LogP contribution in [0.1, 0.15) is 6.92 Å². The Labute approximate surface area is 139 Å². The van der Waals surface area contributed by atoms with Crippen molar-refractivity contribution in [2.45, 2.75) is 13.0 Å². The third kappa shape index (κ3) is 3.68. The van der Waals surface area contributed by atoms with E-state index in [1.807, 2.05) is 0 Å². The first kappa shape index (κ1) is 15.9. The topological polar surface area (TPSA) is 81.7 Å². The first-order valence-corrected chi connectivity index (χ1v) is 7.63. The number of fused-ring (bicyclic) bond motifs is 1. The number of amides is 1. The zero-order valence-corrected chi connectivity index (χ0v) is 13.5. The molecule has 0 bridgehead atoms. The molecule has 0 saturated heterocycles. The van der Waals surface area contributed by atoms with Crippen LogP contribution < -0.4 is 24.8 Å². The lowest BCUT2D eigenvalue weighted by Gasteiger charge is -2.20. The highest BCUT2D eigenvalue weighted by molar-refractivity contribution is 5.96. The summed E-state index contributed by atoms with van der Waals surface area (Å²) < 4.78 is 16.0. The minimum atomic E-state index is -0.437. The molecule has 0 fully saturated rings. The maximum atomic E-state index is 12.3. The molecular formula is C17H19N3O4. The second-order valence-electron chi connectivity index (χ2n) is 5.30. The van der Waals surface area contributed by atoms with Crippen molar-refractivity contribution in [3.63, 3.8) is 0 Å². The number of rotatable bonds is 5. The number of nitrogens with zero attached hydrogens (tertiary/aromatic N) is 1. The van der Waals surface area contributed by atoms with Crippen molar-refractivity contribution >= 4 is 17.3 Å². The van der Waals surface area contributed by atoms with E-state index in [9.17, 15) is 4.79 Å². The molecule has 24 heavy (non-hydrogen) atoms. The number of aromatic nitrogens is 1. The van der Waals surface area contributed by atoms with Crippen molar-refractivity contribution in [1.29, 1.82) is 0 Å². The number of hydrogen-bond acceptors (Lipinski definition) is 6. The van der Waals surface area contributed by atoms with E-state index in [0.717, 1.165) is 5.69 Å². The van der Waals surface area contributed by atoms with Gasteiger partial charge < -0.3 is 24.8 Å². The highest BCUT2D eigenvalue weighted by Crippen LogP contribution is 2.32. The third-order valence-corrected chi connectivity index (χ3v) is 3.53. The molecule has 126 valence electrons. The monoisotopic (exact) mass is 329 g/mol. The third-order valence-electron chi connectivity index (χ3n) is 3.53. The Morgan fingerprint density at radius 1 is 1.17 bits per heavy atom. The van der Waals surface area contributed by atoms with E-state index in [1.54, 1.807) is 50.6 Å². The Morgan fingerprint density at radius 2 is 1.92 bits per heavy atom. The largest absolute Gasteiger partial charge is 0.486 e. The van der Waals surface area contributed by atoms with Crippen LogP contribution in [0.2, 0.25) is 0 Å². The molecule has 2 heterocycles. The summed E-state index contributed by atoms with van der Waals surface area (Å²) in [6, 6.07) is 8.43. The van der Waals surface area contributed by atoms with Crippen LogP contribution in [0.3, 0.4) is 0 Å². The van der Waals surface area contributed by atoms with Gasteiger partial charge in [0.25, 0.3) is 0 Å². The fourth-order valence-corrected chi connectivity index (χ4v) is 2.27. The van der Waals surface area contributed by atoms with E-state index >= 15 is 0 Å². The molecule has 0 spiro atoms. The summed E-state index contributed by atoms with van der Waals surface area (Å²) in [5, 5.41) is 5.94. The molecule has 1 aliphatic rings. The molecule has 0 aliphatic carbocycles. The van der Waals surface area contributed by atoms with Gasteiger partial charge in [-0.05, 0) is 25.1 Å². The Morgan fingerprint density at radius 3 is 2.62 bits per heavy atom. The summed E-state index contributed by atoms with van der Waals surface area (Å²) in [5.74, 6) is 1.69. The van der Waals surface area contributed by atoms with Gasteiger partial charge in [-0.2, -0.15) is 0 Å². The molecule has 7 nitrogen and oxygen atoms in total. The van der Waals surface area contributed by atoms with Crippen LogP contribution in [0.15, 0.2) is 36.5 Å². The van der Waals surface area contributed by atoms with Crippen LogP contribution in [-0.2, 0) is 4.79 Å². The molecule has 0 unspecified atom stereocenters. The van der Waals surface area contributed by atoms with E-state index in [0.29, 0.717) is 36.3 Å². The quantitative estimate of drug-likeness (QED) is 0.876. The van der Waals surface area contributed by atoms with Gasteiger partial charge in [-0.15, -0.1) is 0 Å². The number of carbonyl (C=O) groups excluding carboxylic acids is 1. The smallest absolute Gasteiger partial charge is 0.246 e. The minimum absolute atomic E-state index is 0.164. The second-order valence-corrected chi connectivity index (χ2v) is 5.30. The van der Waals surface area contributed by atoms with Gasteiger partial charge in [0.2, 0.25) is 11.8 Å². The summed E-state index contributed by atoms with van der Waals surface area (Å²) in [4.78, 5) is 16.4. The number of pyridine rings is 1. The molecule has 1 aromatic heterocycles. The number of carbonyl (C=O) groups is 1. The summed E-state index contributed by atoms with van der Waals surface area (Å²) in [5.41, 5.74) is 1.39. The van der Waals surface area contributed by atoms with Crippen molar-refractivity contribution in [2.75, 3.05) is 31.0 Å². The van der Waals surface area contributed by atoms with E-state index < -0.39 is 6.04 Å². The molecular weight excluding hydrogens is 310 g/mol. The van der Waals surface area contributed by atoms with Gasteiger partial charge in [0, 0.05) is 17.8 Å². The normalized spacial score (nSPS) is 13.8. The highest BCUT2D eigenvalue weighted by atomic mass is 16.6. The first-order valence-electron chi connectivity index (χ1n) is 7.63. The predicted molar refractivity (Wildman–Crippen MR) is 89.9 cm³/mol. The summed E-state index contributed by atoms with van der Waals surface area (Å²) in [6.45, 7) is 2.82. The van der Waals surface area contributed by atoms with Crippen molar-refractivity contribution in [2.24, 2.45) is 0 Å². The maximum Gasteiger partial charge on any atom is 0.246 e. The molecule has 7 heteroatoms. The minimum Gasteiger partial charge on any atom is -0.486 e. The van der Waals surface area contributed by atoms with Crippen molar-refractivity contribution in [1.82, 2.24) is 4.98 Å². The van der Waals surface area contributed by atoms with Gasteiger partial charge in [-0.25, -0.2) is 4.98 Å². The van der Waals surface area contributed by atoms with Gasteiger partial charge in [-0.3, -0.25) is 4.79 Å². The van der Waals surface area contributed by atoms with Gasteiger partial charge in [0.1, 0.15) is 19.3 Å². The van der Waals surface area contributed by atoms with Crippen LogP contribution >= 0.6 is 0 Å². The molecule has 1 atom stereocenters. The van der Waals surface area contributed by atoms with Gasteiger partial charge in [0.05, 0.1) is 19.0 Å². The average Bonchev–Trinajstić information content (AvgIpc) is 2.62.